The summed E-state index contributed by atoms with van der Waals surface area (Å²) in [5, 5.41) is 0. The third kappa shape index (κ3) is 4.98. The summed E-state index contributed by atoms with van der Waals surface area (Å²) in [6.45, 7) is 13.9. The lowest BCUT2D eigenvalue weighted by Crippen LogP contribution is -3.12. The molecule has 0 aromatic rings. The molecule has 0 spiro atoms. The third-order valence-electron chi connectivity index (χ3n) is 4.43. The fourth-order valence-electron chi connectivity index (χ4n) is 3.08. The first-order valence-corrected chi connectivity index (χ1v) is 7.64. The molecule has 1 N–H and O–H groups in total. The van der Waals surface area contributed by atoms with Crippen molar-refractivity contribution < 1.29 is 14.4 Å². The molecule has 0 bridgehead atoms. The largest absolute Gasteiger partial charge is 0.461 e. The first-order valence-electron chi connectivity index (χ1n) is 7.64. The number of likely N-dealkylation sites (N-methyl/N-ethyl adjacent to an activating group) is 1. The van der Waals surface area contributed by atoms with Crippen molar-refractivity contribution in [2.75, 3.05) is 26.2 Å². The van der Waals surface area contributed by atoms with Crippen LogP contribution in [-0.2, 0) is 9.53 Å². The molecule has 0 radical (unpaired) electrons. The van der Waals surface area contributed by atoms with Crippen LogP contribution in [0.4, 0.5) is 0 Å². The predicted molar refractivity (Wildman–Crippen MR) is 78.1 cm³/mol. The number of ether oxygens (including phenoxy) is 1. The minimum absolute atomic E-state index is 0.0515. The molecule has 1 rings (SSSR count). The molecule has 0 amide bonds. The molecule has 3 heteroatoms. The fourth-order valence-corrected chi connectivity index (χ4v) is 3.08. The van der Waals surface area contributed by atoms with Crippen LogP contribution in [0.25, 0.3) is 0 Å². The van der Waals surface area contributed by atoms with Gasteiger partial charge < -0.3 is 9.64 Å². The van der Waals surface area contributed by atoms with Crippen LogP contribution in [0.3, 0.4) is 0 Å². The number of carbonyl (C=O) groups is 1. The Balaban J connectivity index is 2.41. The van der Waals surface area contributed by atoms with E-state index in [2.05, 4.69) is 40.7 Å². The van der Waals surface area contributed by atoms with E-state index in [1.165, 1.54) is 10.5 Å². The molecular formula is C16H30NO2+. The number of hydrogen-bond acceptors (Lipinski definition) is 2. The summed E-state index contributed by atoms with van der Waals surface area (Å²) in [5.41, 5.74) is 1.47. The average Bonchev–Trinajstić information content (AvgIpc) is 2.34. The van der Waals surface area contributed by atoms with Gasteiger partial charge in [0.2, 0.25) is 0 Å². The van der Waals surface area contributed by atoms with Gasteiger partial charge in [0.1, 0.15) is 0 Å². The number of quaternary nitrogens is 1. The topological polar surface area (TPSA) is 30.7 Å². The highest BCUT2D eigenvalue weighted by Gasteiger charge is 2.28. The molecule has 0 unspecified atom stereocenters. The number of rotatable bonds is 6. The predicted octanol–water partition coefficient (Wildman–Crippen LogP) is 1.69. The highest BCUT2D eigenvalue weighted by molar-refractivity contribution is 5.70. The Morgan fingerprint density at radius 3 is 2.53 bits per heavy atom. The Hall–Kier alpha value is -0.830. The molecule has 0 aromatic carbocycles. The maximum Gasteiger partial charge on any atom is 0.361 e. The molecule has 3 atom stereocenters. The van der Waals surface area contributed by atoms with Crippen molar-refractivity contribution in [2.24, 2.45) is 17.8 Å². The van der Waals surface area contributed by atoms with Gasteiger partial charge in [0, 0.05) is 5.92 Å². The molecule has 19 heavy (non-hydrogen) atoms. The van der Waals surface area contributed by atoms with Gasteiger partial charge >= 0.3 is 5.97 Å². The van der Waals surface area contributed by atoms with Crippen molar-refractivity contribution in [3.8, 4) is 0 Å². The highest BCUT2D eigenvalue weighted by Crippen LogP contribution is 2.33. The maximum atomic E-state index is 11.8. The van der Waals surface area contributed by atoms with Crippen LogP contribution < -0.4 is 4.90 Å². The van der Waals surface area contributed by atoms with E-state index in [-0.39, 0.29) is 5.97 Å². The lowest BCUT2D eigenvalue weighted by atomic mass is 9.75. The Morgan fingerprint density at radius 1 is 1.37 bits per heavy atom. The van der Waals surface area contributed by atoms with E-state index >= 15 is 0 Å². The van der Waals surface area contributed by atoms with Gasteiger partial charge in [-0.2, -0.15) is 0 Å². The van der Waals surface area contributed by atoms with Gasteiger partial charge in [0.25, 0.3) is 0 Å². The van der Waals surface area contributed by atoms with E-state index in [4.69, 9.17) is 4.74 Å². The zero-order chi connectivity index (χ0) is 14.4. The number of esters is 1. The Labute approximate surface area is 118 Å². The summed E-state index contributed by atoms with van der Waals surface area (Å²) in [5.74, 6) is 1.54. The summed E-state index contributed by atoms with van der Waals surface area (Å²) in [6, 6.07) is 0. The first kappa shape index (κ1) is 16.2. The van der Waals surface area contributed by atoms with Crippen LogP contribution in [0.15, 0.2) is 11.6 Å². The van der Waals surface area contributed by atoms with Gasteiger partial charge in [-0.05, 0) is 39.0 Å². The van der Waals surface area contributed by atoms with Gasteiger partial charge in [-0.15, -0.1) is 0 Å². The van der Waals surface area contributed by atoms with E-state index in [1.807, 2.05) is 0 Å². The zero-order valence-corrected chi connectivity index (χ0v) is 13.2. The molecule has 0 aromatic heterocycles. The van der Waals surface area contributed by atoms with Crippen LogP contribution in [0.2, 0.25) is 0 Å². The molecule has 0 heterocycles. The SMILES string of the molecule is CC[NH+](CC)CC(=O)OC[C@@H]1[C@@H](C)C=C(C)C[C@@H]1C. The fraction of sp³-hybridized carbons (Fsp3) is 0.812. The second-order valence-corrected chi connectivity index (χ2v) is 6.03. The summed E-state index contributed by atoms with van der Waals surface area (Å²) >= 11 is 0. The molecular weight excluding hydrogens is 238 g/mol. The van der Waals surface area contributed by atoms with Crippen molar-refractivity contribution in [2.45, 2.75) is 41.0 Å². The number of carbonyl (C=O) groups excluding carboxylic acids is 1. The van der Waals surface area contributed by atoms with Crippen molar-refractivity contribution in [1.82, 2.24) is 0 Å². The molecule has 1 aliphatic carbocycles. The Kier molecular flexibility index (Phi) is 6.56. The second kappa shape index (κ2) is 7.68. The van der Waals surface area contributed by atoms with Gasteiger partial charge in [-0.1, -0.05) is 25.5 Å². The normalized spacial score (nSPS) is 27.3. The zero-order valence-electron chi connectivity index (χ0n) is 13.2. The molecule has 110 valence electrons. The summed E-state index contributed by atoms with van der Waals surface area (Å²) in [7, 11) is 0. The molecule has 0 saturated heterocycles. The Morgan fingerprint density at radius 2 is 2.00 bits per heavy atom. The Bertz CT molecular complexity index is 321. The first-order chi connectivity index (χ1) is 8.97. The van der Waals surface area contributed by atoms with Gasteiger partial charge in [-0.3, -0.25) is 0 Å². The minimum Gasteiger partial charge on any atom is -0.461 e. The standard InChI is InChI=1S/C16H29NO2/c1-6-17(7-2)10-16(18)19-11-15-13(4)8-12(3)9-14(15)5/h8,13-15H,6-7,9-11H2,1-5H3/p+1/t13-,14-,15+/m0/s1. The van der Waals surface area contributed by atoms with Crippen molar-refractivity contribution >= 4 is 5.97 Å². The number of hydrogen-bond donors (Lipinski definition) is 1. The van der Waals surface area contributed by atoms with Gasteiger partial charge in [-0.25, -0.2) is 4.79 Å². The third-order valence-corrected chi connectivity index (χ3v) is 4.43. The molecule has 3 nitrogen and oxygen atoms in total. The lowest BCUT2D eigenvalue weighted by molar-refractivity contribution is -0.888. The monoisotopic (exact) mass is 268 g/mol. The van der Waals surface area contributed by atoms with E-state index in [0.29, 0.717) is 30.9 Å². The van der Waals surface area contributed by atoms with E-state index in [0.717, 1.165) is 19.5 Å². The van der Waals surface area contributed by atoms with Crippen LogP contribution >= 0.6 is 0 Å². The summed E-state index contributed by atoms with van der Waals surface area (Å²) < 4.78 is 5.50. The van der Waals surface area contributed by atoms with Gasteiger partial charge in [0.05, 0.1) is 19.7 Å². The molecule has 1 aliphatic rings. The minimum atomic E-state index is -0.0515. The van der Waals surface area contributed by atoms with Crippen molar-refractivity contribution in [3.05, 3.63) is 11.6 Å². The smallest absolute Gasteiger partial charge is 0.361 e. The number of nitrogens with one attached hydrogen (secondary N) is 1. The maximum absolute atomic E-state index is 11.8. The van der Waals surface area contributed by atoms with Crippen LogP contribution in [0.5, 0.6) is 0 Å². The van der Waals surface area contributed by atoms with Crippen molar-refractivity contribution in [1.29, 1.82) is 0 Å². The quantitative estimate of drug-likeness (QED) is 0.587. The summed E-state index contributed by atoms with van der Waals surface area (Å²) in [6.07, 6.45) is 3.46. The van der Waals surface area contributed by atoms with E-state index < -0.39 is 0 Å². The average molecular weight is 268 g/mol. The number of allylic oxidation sites excluding steroid dienone is 2. The molecule has 0 saturated carbocycles. The highest BCUT2D eigenvalue weighted by atomic mass is 16.5. The van der Waals surface area contributed by atoms with Gasteiger partial charge in [0.15, 0.2) is 6.54 Å². The van der Waals surface area contributed by atoms with Crippen LogP contribution in [-0.4, -0.2) is 32.2 Å². The molecule has 0 aliphatic heterocycles. The summed E-state index contributed by atoms with van der Waals surface area (Å²) in [4.78, 5) is 13.1. The lowest BCUT2D eigenvalue weighted by Gasteiger charge is -2.32. The molecule has 0 fully saturated rings. The van der Waals surface area contributed by atoms with Crippen LogP contribution in [0.1, 0.15) is 41.0 Å². The second-order valence-electron chi connectivity index (χ2n) is 6.03. The van der Waals surface area contributed by atoms with Crippen molar-refractivity contribution in [3.63, 3.8) is 0 Å². The van der Waals surface area contributed by atoms with E-state index in [1.54, 1.807) is 0 Å². The van der Waals surface area contributed by atoms with Crippen LogP contribution in [0, 0.1) is 17.8 Å². The van der Waals surface area contributed by atoms with E-state index in [9.17, 15) is 4.79 Å².